The van der Waals surface area contributed by atoms with Crippen molar-refractivity contribution in [3.05, 3.63) is 11.8 Å². The molecule has 1 rings (SSSR count). The monoisotopic (exact) mass is 230 g/mol. The summed E-state index contributed by atoms with van der Waals surface area (Å²) in [5.41, 5.74) is 0. The molecular formula is C11H19ClN2O. The third kappa shape index (κ3) is 3.49. The van der Waals surface area contributed by atoms with Crippen molar-refractivity contribution in [2.24, 2.45) is 0 Å². The van der Waals surface area contributed by atoms with Gasteiger partial charge in [0.05, 0.1) is 0 Å². The van der Waals surface area contributed by atoms with Crippen LogP contribution in [0.5, 0.6) is 0 Å². The molecular weight excluding hydrogens is 212 g/mol. The molecule has 0 aromatic carbocycles. The smallest absolute Gasteiger partial charge is 0.234 e. The Kier molecular flexibility index (Phi) is 5.09. The quantitative estimate of drug-likeness (QED) is 0.692. The molecule has 0 N–H and O–H groups in total. The van der Waals surface area contributed by atoms with E-state index in [9.17, 15) is 0 Å². The van der Waals surface area contributed by atoms with Gasteiger partial charge in [-0.2, -0.15) is 0 Å². The van der Waals surface area contributed by atoms with Gasteiger partial charge in [0.2, 0.25) is 11.8 Å². The van der Waals surface area contributed by atoms with Gasteiger partial charge in [0.15, 0.2) is 0 Å². The number of hydrogen-bond donors (Lipinski definition) is 0. The predicted molar refractivity (Wildman–Crippen MR) is 61.1 cm³/mol. The van der Waals surface area contributed by atoms with Crippen LogP contribution in [0.3, 0.4) is 0 Å². The Hall–Kier alpha value is -0.570. The van der Waals surface area contributed by atoms with E-state index in [1.165, 1.54) is 12.8 Å². The molecule has 0 aliphatic heterocycles. The summed E-state index contributed by atoms with van der Waals surface area (Å²) < 4.78 is 5.54. The average Bonchev–Trinajstić information content (AvgIpc) is 2.68. The van der Waals surface area contributed by atoms with Crippen LogP contribution in [0.25, 0.3) is 0 Å². The summed E-state index contributed by atoms with van der Waals surface area (Å²) >= 11 is 5.87. The van der Waals surface area contributed by atoms with Crippen molar-refractivity contribution < 1.29 is 4.42 Å². The summed E-state index contributed by atoms with van der Waals surface area (Å²) in [7, 11) is 0. The van der Waals surface area contributed by atoms with Gasteiger partial charge in [-0.3, -0.25) is 0 Å². The zero-order valence-electron chi connectivity index (χ0n) is 9.66. The van der Waals surface area contributed by atoms with Crippen molar-refractivity contribution in [1.82, 2.24) is 10.2 Å². The number of alkyl halides is 1. The van der Waals surface area contributed by atoms with Gasteiger partial charge in [-0.1, -0.05) is 26.7 Å². The Labute approximate surface area is 96.2 Å². The molecule has 2 atom stereocenters. The van der Waals surface area contributed by atoms with Crippen LogP contribution in [-0.4, -0.2) is 10.2 Å². The third-order valence-corrected chi connectivity index (χ3v) is 2.73. The first kappa shape index (κ1) is 12.5. The first-order valence-corrected chi connectivity index (χ1v) is 6.10. The lowest BCUT2D eigenvalue weighted by atomic mass is 10.00. The van der Waals surface area contributed by atoms with E-state index in [1.807, 2.05) is 6.92 Å². The zero-order chi connectivity index (χ0) is 11.3. The fourth-order valence-electron chi connectivity index (χ4n) is 1.53. The number of unbranched alkanes of at least 4 members (excludes halogenated alkanes) is 1. The molecule has 0 aliphatic rings. The largest absolute Gasteiger partial charge is 0.423 e. The second kappa shape index (κ2) is 6.11. The number of nitrogens with zero attached hydrogens (tertiary/aromatic N) is 2. The summed E-state index contributed by atoms with van der Waals surface area (Å²) in [6.07, 6.45) is 4.56. The number of aromatic nitrogens is 2. The normalized spacial score (nSPS) is 15.2. The molecule has 0 aliphatic carbocycles. The van der Waals surface area contributed by atoms with E-state index in [1.54, 1.807) is 0 Å². The summed E-state index contributed by atoms with van der Waals surface area (Å²) in [4.78, 5) is 0. The molecule has 0 amide bonds. The minimum absolute atomic E-state index is 0.199. The van der Waals surface area contributed by atoms with E-state index in [4.69, 9.17) is 16.0 Å². The van der Waals surface area contributed by atoms with Crippen molar-refractivity contribution in [2.75, 3.05) is 0 Å². The van der Waals surface area contributed by atoms with Crippen LogP contribution >= 0.6 is 11.6 Å². The Morgan fingerprint density at radius 2 is 1.93 bits per heavy atom. The molecule has 0 spiro atoms. The highest BCUT2D eigenvalue weighted by atomic mass is 35.5. The molecule has 1 aromatic heterocycles. The van der Waals surface area contributed by atoms with Crippen molar-refractivity contribution in [1.29, 1.82) is 0 Å². The van der Waals surface area contributed by atoms with Crippen LogP contribution < -0.4 is 0 Å². The number of hydrogen-bond acceptors (Lipinski definition) is 3. The molecule has 3 nitrogen and oxygen atoms in total. The number of rotatable bonds is 6. The van der Waals surface area contributed by atoms with Gasteiger partial charge in [-0.15, -0.1) is 21.8 Å². The minimum atomic E-state index is -0.199. The fraction of sp³-hybridized carbons (Fsp3) is 0.818. The highest BCUT2D eigenvalue weighted by molar-refractivity contribution is 6.20. The fourth-order valence-corrected chi connectivity index (χ4v) is 1.61. The van der Waals surface area contributed by atoms with Gasteiger partial charge >= 0.3 is 0 Å². The summed E-state index contributed by atoms with van der Waals surface area (Å²) in [5.74, 6) is 1.66. The molecule has 1 aromatic rings. The van der Waals surface area contributed by atoms with Crippen LogP contribution in [0.4, 0.5) is 0 Å². The van der Waals surface area contributed by atoms with Gasteiger partial charge in [0.1, 0.15) is 5.38 Å². The Morgan fingerprint density at radius 3 is 2.40 bits per heavy atom. The minimum Gasteiger partial charge on any atom is -0.423 e. The molecule has 0 saturated heterocycles. The molecule has 0 bridgehead atoms. The van der Waals surface area contributed by atoms with Gasteiger partial charge in [-0.05, 0) is 19.8 Å². The van der Waals surface area contributed by atoms with E-state index in [0.717, 1.165) is 18.7 Å². The molecule has 0 saturated carbocycles. The molecule has 0 fully saturated rings. The third-order valence-electron chi connectivity index (χ3n) is 2.54. The van der Waals surface area contributed by atoms with Crippen molar-refractivity contribution in [2.45, 2.75) is 57.7 Å². The van der Waals surface area contributed by atoms with Gasteiger partial charge in [0.25, 0.3) is 0 Å². The standard InChI is InChI=1S/C11H19ClN2O/c1-4-6-7-9(5-2)11-14-13-10(15-11)8(3)12/h8-9H,4-7H2,1-3H3. The molecule has 15 heavy (non-hydrogen) atoms. The number of halogens is 1. The first-order valence-electron chi connectivity index (χ1n) is 5.66. The van der Waals surface area contributed by atoms with Crippen molar-refractivity contribution in [3.63, 3.8) is 0 Å². The van der Waals surface area contributed by atoms with Gasteiger partial charge in [-0.25, -0.2) is 0 Å². The molecule has 2 unspecified atom stereocenters. The summed E-state index contributed by atoms with van der Waals surface area (Å²) in [6, 6.07) is 0. The Morgan fingerprint density at radius 1 is 1.27 bits per heavy atom. The van der Waals surface area contributed by atoms with Gasteiger partial charge in [0, 0.05) is 5.92 Å². The highest BCUT2D eigenvalue weighted by Gasteiger charge is 2.18. The second-order valence-electron chi connectivity index (χ2n) is 3.84. The maximum absolute atomic E-state index is 5.87. The summed E-state index contributed by atoms with van der Waals surface area (Å²) in [5, 5.41) is 7.81. The lowest BCUT2D eigenvalue weighted by Gasteiger charge is -2.08. The Balaban J connectivity index is 2.65. The van der Waals surface area contributed by atoms with Crippen LogP contribution in [0.1, 0.15) is 69.5 Å². The average molecular weight is 231 g/mol. The van der Waals surface area contributed by atoms with Crippen LogP contribution in [0, 0.1) is 0 Å². The van der Waals surface area contributed by atoms with E-state index in [2.05, 4.69) is 24.0 Å². The lowest BCUT2D eigenvalue weighted by Crippen LogP contribution is -1.97. The van der Waals surface area contributed by atoms with Crippen LogP contribution in [0.2, 0.25) is 0 Å². The topological polar surface area (TPSA) is 38.9 Å². The summed E-state index contributed by atoms with van der Waals surface area (Å²) in [6.45, 7) is 6.17. The highest BCUT2D eigenvalue weighted by Crippen LogP contribution is 2.26. The van der Waals surface area contributed by atoms with Crippen molar-refractivity contribution in [3.8, 4) is 0 Å². The van der Waals surface area contributed by atoms with Crippen LogP contribution in [0.15, 0.2) is 4.42 Å². The predicted octanol–water partition coefficient (Wildman–Crippen LogP) is 4.05. The molecule has 86 valence electrons. The van der Waals surface area contributed by atoms with Crippen molar-refractivity contribution >= 4 is 11.6 Å². The van der Waals surface area contributed by atoms with Crippen LogP contribution in [-0.2, 0) is 0 Å². The van der Waals surface area contributed by atoms with E-state index in [0.29, 0.717) is 11.8 Å². The van der Waals surface area contributed by atoms with Gasteiger partial charge < -0.3 is 4.42 Å². The van der Waals surface area contributed by atoms with E-state index in [-0.39, 0.29) is 5.38 Å². The van der Waals surface area contributed by atoms with E-state index < -0.39 is 0 Å². The molecule has 0 radical (unpaired) electrons. The Bertz CT molecular complexity index is 286. The second-order valence-corrected chi connectivity index (χ2v) is 4.50. The maximum Gasteiger partial charge on any atom is 0.234 e. The zero-order valence-corrected chi connectivity index (χ0v) is 10.4. The maximum atomic E-state index is 5.87. The molecule has 1 heterocycles. The van der Waals surface area contributed by atoms with E-state index >= 15 is 0 Å². The molecule has 4 heteroatoms. The SMILES string of the molecule is CCCCC(CC)c1nnc(C(C)Cl)o1. The first-order chi connectivity index (χ1) is 7.19. The lowest BCUT2D eigenvalue weighted by molar-refractivity contribution is 0.393.